The van der Waals surface area contributed by atoms with Crippen molar-refractivity contribution in [2.75, 3.05) is 5.32 Å². The summed E-state index contributed by atoms with van der Waals surface area (Å²) in [5, 5.41) is 12.4. The molecule has 3 aromatic carbocycles. The normalized spacial score (nSPS) is 11.2. The molecule has 158 valence electrons. The SMILES string of the molecule is O=C(Nc1cccc(-c2n[nH]cc2-c2nc3cc4ccccc4cc3o2)c1)c1ccccn1. The van der Waals surface area contributed by atoms with E-state index in [2.05, 4.69) is 26.6 Å². The van der Waals surface area contributed by atoms with Gasteiger partial charge in [0.05, 0.1) is 5.56 Å². The van der Waals surface area contributed by atoms with Crippen LogP contribution in [0.5, 0.6) is 0 Å². The van der Waals surface area contributed by atoms with E-state index in [1.54, 1.807) is 30.6 Å². The Morgan fingerprint density at radius 3 is 2.61 bits per heavy atom. The fourth-order valence-electron chi connectivity index (χ4n) is 3.84. The minimum Gasteiger partial charge on any atom is -0.436 e. The highest BCUT2D eigenvalue weighted by atomic mass is 16.3. The van der Waals surface area contributed by atoms with Gasteiger partial charge in [-0.2, -0.15) is 5.10 Å². The lowest BCUT2D eigenvalue weighted by atomic mass is 10.1. The molecular formula is C26H17N5O2. The zero-order valence-electron chi connectivity index (χ0n) is 17.3. The number of oxazole rings is 1. The van der Waals surface area contributed by atoms with Crippen LogP contribution in [0.4, 0.5) is 5.69 Å². The minimum atomic E-state index is -0.277. The van der Waals surface area contributed by atoms with Crippen LogP contribution >= 0.6 is 0 Å². The molecule has 2 N–H and O–H groups in total. The summed E-state index contributed by atoms with van der Waals surface area (Å²) >= 11 is 0. The van der Waals surface area contributed by atoms with Crippen molar-refractivity contribution in [3.63, 3.8) is 0 Å². The molecule has 3 heterocycles. The first kappa shape index (κ1) is 18.9. The third-order valence-corrected chi connectivity index (χ3v) is 5.42. The smallest absolute Gasteiger partial charge is 0.274 e. The van der Waals surface area contributed by atoms with Crippen LogP contribution in [0, 0.1) is 0 Å². The fraction of sp³-hybridized carbons (Fsp3) is 0. The molecule has 0 atom stereocenters. The van der Waals surface area contributed by atoms with Gasteiger partial charge in [0.15, 0.2) is 5.58 Å². The van der Waals surface area contributed by atoms with E-state index in [-0.39, 0.29) is 5.91 Å². The molecule has 1 amide bonds. The van der Waals surface area contributed by atoms with Crippen molar-refractivity contribution in [3.05, 3.63) is 97.0 Å². The first-order valence-corrected chi connectivity index (χ1v) is 10.4. The van der Waals surface area contributed by atoms with Crippen LogP contribution in [-0.4, -0.2) is 26.1 Å². The number of carbonyl (C=O) groups is 1. The van der Waals surface area contributed by atoms with E-state index in [0.29, 0.717) is 28.5 Å². The van der Waals surface area contributed by atoms with Crippen LogP contribution in [0.3, 0.4) is 0 Å². The molecule has 33 heavy (non-hydrogen) atoms. The molecule has 0 spiro atoms. The highest BCUT2D eigenvalue weighted by Gasteiger charge is 2.17. The number of aromatic amines is 1. The fourth-order valence-corrected chi connectivity index (χ4v) is 3.84. The van der Waals surface area contributed by atoms with Gasteiger partial charge in [-0.25, -0.2) is 4.98 Å². The zero-order valence-corrected chi connectivity index (χ0v) is 17.3. The van der Waals surface area contributed by atoms with E-state index in [9.17, 15) is 4.79 Å². The van der Waals surface area contributed by atoms with Crippen molar-refractivity contribution in [1.29, 1.82) is 0 Å². The number of fused-ring (bicyclic) bond motifs is 2. The van der Waals surface area contributed by atoms with Gasteiger partial charge in [-0.05, 0) is 47.2 Å². The molecule has 0 saturated carbocycles. The minimum absolute atomic E-state index is 0.277. The van der Waals surface area contributed by atoms with E-state index in [4.69, 9.17) is 9.40 Å². The van der Waals surface area contributed by atoms with Gasteiger partial charge in [-0.3, -0.25) is 14.9 Å². The molecular weight excluding hydrogens is 414 g/mol. The summed E-state index contributed by atoms with van der Waals surface area (Å²) in [5.41, 5.74) is 4.73. The molecule has 6 aromatic rings. The molecule has 0 aliphatic heterocycles. The average molecular weight is 431 g/mol. The number of nitrogens with zero attached hydrogens (tertiary/aromatic N) is 3. The van der Waals surface area contributed by atoms with E-state index in [1.807, 2.05) is 54.6 Å². The quantitative estimate of drug-likeness (QED) is 0.374. The van der Waals surface area contributed by atoms with Crippen LogP contribution < -0.4 is 5.32 Å². The molecule has 0 fully saturated rings. The van der Waals surface area contributed by atoms with Crippen LogP contribution in [-0.2, 0) is 0 Å². The zero-order chi connectivity index (χ0) is 22.2. The molecule has 0 aliphatic rings. The van der Waals surface area contributed by atoms with Gasteiger partial charge in [-0.15, -0.1) is 0 Å². The number of aromatic nitrogens is 4. The number of hydrogen-bond donors (Lipinski definition) is 2. The predicted octanol–water partition coefficient (Wildman–Crippen LogP) is 5.69. The van der Waals surface area contributed by atoms with Crippen molar-refractivity contribution in [2.45, 2.75) is 0 Å². The number of pyridine rings is 1. The van der Waals surface area contributed by atoms with Crippen molar-refractivity contribution >= 4 is 33.5 Å². The van der Waals surface area contributed by atoms with Crippen LogP contribution in [0.1, 0.15) is 10.5 Å². The predicted molar refractivity (Wildman–Crippen MR) is 127 cm³/mol. The summed E-state index contributed by atoms with van der Waals surface area (Å²) in [6.45, 7) is 0. The van der Waals surface area contributed by atoms with Gasteiger partial charge < -0.3 is 9.73 Å². The lowest BCUT2D eigenvalue weighted by Crippen LogP contribution is -2.13. The van der Waals surface area contributed by atoms with Gasteiger partial charge in [0.2, 0.25) is 5.89 Å². The summed E-state index contributed by atoms with van der Waals surface area (Å²) in [7, 11) is 0. The van der Waals surface area contributed by atoms with Crippen LogP contribution in [0.15, 0.2) is 95.7 Å². The second-order valence-corrected chi connectivity index (χ2v) is 7.58. The third-order valence-electron chi connectivity index (χ3n) is 5.42. The van der Waals surface area contributed by atoms with Gasteiger partial charge in [0.1, 0.15) is 16.9 Å². The first-order valence-electron chi connectivity index (χ1n) is 10.4. The Bertz CT molecular complexity index is 1570. The summed E-state index contributed by atoms with van der Waals surface area (Å²) in [6, 6.07) is 24.8. The van der Waals surface area contributed by atoms with Crippen molar-refractivity contribution in [2.24, 2.45) is 0 Å². The van der Waals surface area contributed by atoms with Gasteiger partial charge in [-0.1, -0.05) is 42.5 Å². The molecule has 0 aliphatic carbocycles. The molecule has 0 radical (unpaired) electrons. The standard InChI is InChI=1S/C26H17N5O2/c32-25(21-10-3-4-11-27-21)29-19-9-5-8-18(12-19)24-20(15-28-31-24)26-30-22-13-16-6-1-2-7-17(16)14-23(22)33-26/h1-15H,(H,28,31)(H,29,32). The van der Waals surface area contributed by atoms with Gasteiger partial charge >= 0.3 is 0 Å². The highest BCUT2D eigenvalue weighted by Crippen LogP contribution is 2.34. The number of amides is 1. The van der Waals surface area contributed by atoms with Crippen LogP contribution in [0.25, 0.3) is 44.6 Å². The molecule has 7 nitrogen and oxygen atoms in total. The number of carbonyl (C=O) groups excluding carboxylic acids is 1. The number of benzene rings is 3. The third kappa shape index (κ3) is 3.51. The number of anilines is 1. The van der Waals surface area contributed by atoms with E-state index in [0.717, 1.165) is 27.4 Å². The second-order valence-electron chi connectivity index (χ2n) is 7.58. The van der Waals surface area contributed by atoms with E-state index < -0.39 is 0 Å². The maximum atomic E-state index is 12.5. The van der Waals surface area contributed by atoms with Crippen molar-refractivity contribution in [1.82, 2.24) is 20.2 Å². The Balaban J connectivity index is 1.35. The maximum absolute atomic E-state index is 12.5. The number of H-pyrrole nitrogens is 1. The lowest BCUT2D eigenvalue weighted by Gasteiger charge is -2.07. The van der Waals surface area contributed by atoms with Crippen molar-refractivity contribution < 1.29 is 9.21 Å². The van der Waals surface area contributed by atoms with E-state index >= 15 is 0 Å². The summed E-state index contributed by atoms with van der Waals surface area (Å²) in [4.78, 5) is 21.3. The van der Waals surface area contributed by atoms with Gasteiger partial charge in [0, 0.05) is 23.6 Å². The molecule has 7 heteroatoms. The Morgan fingerprint density at radius 2 is 1.76 bits per heavy atom. The molecule has 0 bridgehead atoms. The Labute approximate surface area is 188 Å². The van der Waals surface area contributed by atoms with Crippen LogP contribution in [0.2, 0.25) is 0 Å². The summed E-state index contributed by atoms with van der Waals surface area (Å²) in [6.07, 6.45) is 3.35. The first-order chi connectivity index (χ1) is 16.2. The number of rotatable bonds is 4. The molecule has 6 rings (SSSR count). The van der Waals surface area contributed by atoms with Gasteiger partial charge in [0.25, 0.3) is 5.91 Å². The van der Waals surface area contributed by atoms with Crippen molar-refractivity contribution in [3.8, 4) is 22.7 Å². The second kappa shape index (κ2) is 7.72. The molecule has 0 saturated heterocycles. The topological polar surface area (TPSA) is 96.7 Å². The summed E-state index contributed by atoms with van der Waals surface area (Å²) in [5.74, 6) is 0.202. The number of nitrogens with one attached hydrogen (secondary N) is 2. The largest absolute Gasteiger partial charge is 0.436 e. The molecule has 0 unspecified atom stereocenters. The molecule has 3 aromatic heterocycles. The van der Waals surface area contributed by atoms with E-state index in [1.165, 1.54) is 0 Å². The Hall–Kier alpha value is -4.78. The number of hydrogen-bond acceptors (Lipinski definition) is 5. The Kier molecular flexibility index (Phi) is 4.43. The monoisotopic (exact) mass is 431 g/mol. The lowest BCUT2D eigenvalue weighted by molar-refractivity contribution is 0.102. The maximum Gasteiger partial charge on any atom is 0.274 e. The average Bonchev–Trinajstić information content (AvgIpc) is 3.50. The summed E-state index contributed by atoms with van der Waals surface area (Å²) < 4.78 is 6.09. The highest BCUT2D eigenvalue weighted by molar-refractivity contribution is 6.03. The Morgan fingerprint density at radius 1 is 0.909 bits per heavy atom.